The second-order valence-corrected chi connectivity index (χ2v) is 7.78. The molecule has 34 heavy (non-hydrogen) atoms. The summed E-state index contributed by atoms with van der Waals surface area (Å²) in [5, 5.41) is 19.3. The maximum absolute atomic E-state index is 12.8. The van der Waals surface area contributed by atoms with Gasteiger partial charge in [0.2, 0.25) is 5.43 Å². The zero-order valence-corrected chi connectivity index (χ0v) is 18.7. The Morgan fingerprint density at radius 2 is 2.00 bits per heavy atom. The summed E-state index contributed by atoms with van der Waals surface area (Å²) in [6.07, 6.45) is 6.71. The van der Waals surface area contributed by atoms with Crippen molar-refractivity contribution in [1.29, 1.82) is 5.41 Å². The molecule has 0 aliphatic rings. The van der Waals surface area contributed by atoms with Crippen molar-refractivity contribution in [3.05, 3.63) is 99.7 Å². The number of halogens is 3. The Hall–Kier alpha value is -4.11. The topological polar surface area (TPSA) is 88.6 Å². The van der Waals surface area contributed by atoms with Gasteiger partial charge >= 0.3 is 6.55 Å². The third-order valence-electron chi connectivity index (χ3n) is 5.00. The van der Waals surface area contributed by atoms with Crippen molar-refractivity contribution in [1.82, 2.24) is 19.6 Å². The summed E-state index contributed by atoms with van der Waals surface area (Å²) in [5.41, 5.74) is 3.56. The lowest BCUT2D eigenvalue weighted by atomic mass is 10.1. The molecule has 2 aromatic carbocycles. The fourth-order valence-corrected chi connectivity index (χ4v) is 3.59. The quantitative estimate of drug-likeness (QED) is 0.339. The minimum atomic E-state index is -2.71. The van der Waals surface area contributed by atoms with Gasteiger partial charge < -0.3 is 10.7 Å². The molecular weight excluding hydrogens is 462 g/mol. The molecule has 10 heteroatoms. The number of hydrogen-bond acceptors (Lipinski definition) is 5. The molecule has 7 nitrogen and oxygen atoms in total. The van der Waals surface area contributed by atoms with Crippen molar-refractivity contribution in [2.24, 2.45) is 0 Å². The van der Waals surface area contributed by atoms with Crippen LogP contribution in [0.2, 0.25) is 5.02 Å². The lowest BCUT2D eigenvalue weighted by Gasteiger charge is -2.14. The van der Waals surface area contributed by atoms with Crippen LogP contribution < -0.4 is 10.7 Å². The summed E-state index contributed by atoms with van der Waals surface area (Å²) in [4.78, 5) is 12.6. The van der Waals surface area contributed by atoms with Crippen molar-refractivity contribution >= 4 is 29.2 Å². The van der Waals surface area contributed by atoms with E-state index in [2.05, 4.69) is 15.5 Å². The monoisotopic (exact) mass is 480 g/mol. The number of nitrogens with zero attached hydrogens (tertiary/aromatic N) is 4. The first-order chi connectivity index (χ1) is 16.4. The van der Waals surface area contributed by atoms with Gasteiger partial charge in [0, 0.05) is 40.9 Å². The van der Waals surface area contributed by atoms with Gasteiger partial charge in [-0.3, -0.25) is 4.79 Å². The predicted octanol–water partition coefficient (Wildman–Crippen LogP) is 5.56. The van der Waals surface area contributed by atoms with Crippen LogP contribution in [0.4, 0.5) is 14.5 Å². The van der Waals surface area contributed by atoms with Crippen LogP contribution in [0.1, 0.15) is 17.8 Å². The zero-order chi connectivity index (χ0) is 24.2. The van der Waals surface area contributed by atoms with Gasteiger partial charge in [0.15, 0.2) is 5.69 Å². The van der Waals surface area contributed by atoms with Gasteiger partial charge in [-0.05, 0) is 54.5 Å². The fraction of sp³-hybridized carbons (Fsp3) is 0.0833. The van der Waals surface area contributed by atoms with Gasteiger partial charge in [0.25, 0.3) is 0 Å². The second kappa shape index (κ2) is 9.80. The molecule has 4 rings (SSSR count). The van der Waals surface area contributed by atoms with Gasteiger partial charge in [-0.15, -0.1) is 0 Å². The molecule has 0 atom stereocenters. The van der Waals surface area contributed by atoms with E-state index in [-0.39, 0.29) is 11.1 Å². The third kappa shape index (κ3) is 4.94. The summed E-state index contributed by atoms with van der Waals surface area (Å²) >= 11 is 6.05. The van der Waals surface area contributed by atoms with E-state index in [0.717, 1.165) is 17.3 Å². The number of aryl methyl sites for hydroxylation is 1. The average Bonchev–Trinajstić information content (AvgIpc) is 3.30. The molecule has 0 amide bonds. The Morgan fingerprint density at radius 3 is 2.68 bits per heavy atom. The second-order valence-electron chi connectivity index (χ2n) is 7.34. The van der Waals surface area contributed by atoms with Crippen molar-refractivity contribution in [3.63, 3.8) is 0 Å². The standard InChI is InChI=1S/C24H19ClF2N6O/c1-15-11-16(17-13-29-33(14-17)24(26)27)5-6-21(15)32-10-8-22(34)23(31-32)20(7-9-28)30-19-4-2-3-18(25)12-19/h2-14,24,28,30H,1H3/b20-7-,28-9?. The minimum absolute atomic E-state index is 0.118. The van der Waals surface area contributed by atoms with E-state index in [1.807, 2.05) is 13.0 Å². The highest BCUT2D eigenvalue weighted by Gasteiger charge is 2.13. The van der Waals surface area contributed by atoms with Gasteiger partial charge in [0.1, 0.15) is 0 Å². The molecule has 0 aliphatic carbocycles. The third-order valence-corrected chi connectivity index (χ3v) is 5.23. The van der Waals surface area contributed by atoms with Crippen LogP contribution >= 0.6 is 11.6 Å². The van der Waals surface area contributed by atoms with Crippen LogP contribution in [0.5, 0.6) is 0 Å². The first-order valence-corrected chi connectivity index (χ1v) is 10.5. The molecule has 0 fully saturated rings. The van der Waals surface area contributed by atoms with Crippen LogP contribution in [0, 0.1) is 12.3 Å². The molecule has 2 aromatic heterocycles. The molecular formula is C24H19ClF2N6O. The van der Waals surface area contributed by atoms with E-state index in [4.69, 9.17) is 17.0 Å². The SMILES string of the molecule is Cc1cc(-c2cnn(C(F)F)c2)ccc1-n1ccc(=O)c(/C(=C/C=N)Nc2cccc(Cl)c2)n1. The molecule has 0 unspecified atom stereocenters. The van der Waals surface area contributed by atoms with E-state index in [9.17, 15) is 13.6 Å². The highest BCUT2D eigenvalue weighted by atomic mass is 35.5. The summed E-state index contributed by atoms with van der Waals surface area (Å²) < 4.78 is 27.8. The Balaban J connectivity index is 1.70. The number of nitrogens with one attached hydrogen (secondary N) is 2. The van der Waals surface area contributed by atoms with E-state index < -0.39 is 6.55 Å². The number of alkyl halides is 2. The number of aromatic nitrogens is 4. The zero-order valence-electron chi connectivity index (χ0n) is 17.9. The first kappa shape index (κ1) is 23.1. The smallest absolute Gasteiger partial charge is 0.333 e. The largest absolute Gasteiger partial charge is 0.354 e. The molecule has 0 bridgehead atoms. The van der Waals surface area contributed by atoms with Gasteiger partial charge in [-0.2, -0.15) is 19.0 Å². The van der Waals surface area contributed by atoms with Gasteiger partial charge in [0.05, 0.1) is 17.6 Å². The van der Waals surface area contributed by atoms with Crippen molar-refractivity contribution in [2.45, 2.75) is 13.5 Å². The Bertz CT molecular complexity index is 1440. The van der Waals surface area contributed by atoms with Crippen LogP contribution in [0.15, 0.2) is 78.0 Å². The van der Waals surface area contributed by atoms with E-state index >= 15 is 0 Å². The Labute approximate surface area is 198 Å². The number of anilines is 1. The van der Waals surface area contributed by atoms with Crippen LogP contribution in [0.3, 0.4) is 0 Å². The predicted molar refractivity (Wildman–Crippen MR) is 129 cm³/mol. The number of hydrogen-bond donors (Lipinski definition) is 2. The Kier molecular flexibility index (Phi) is 6.65. The van der Waals surface area contributed by atoms with Crippen LogP contribution in [0.25, 0.3) is 22.5 Å². The van der Waals surface area contributed by atoms with Gasteiger partial charge in [-0.1, -0.05) is 23.7 Å². The Morgan fingerprint density at radius 1 is 1.18 bits per heavy atom. The summed E-state index contributed by atoms with van der Waals surface area (Å²) in [6, 6.07) is 13.7. The van der Waals surface area contributed by atoms with E-state index in [0.29, 0.717) is 32.3 Å². The summed E-state index contributed by atoms with van der Waals surface area (Å²) in [7, 11) is 0. The molecule has 2 heterocycles. The fourth-order valence-electron chi connectivity index (χ4n) is 3.40. The average molecular weight is 481 g/mol. The lowest BCUT2D eigenvalue weighted by molar-refractivity contribution is 0.0566. The molecule has 4 aromatic rings. The minimum Gasteiger partial charge on any atom is -0.354 e. The maximum Gasteiger partial charge on any atom is 0.333 e. The molecule has 0 saturated heterocycles. The molecule has 0 spiro atoms. The summed E-state index contributed by atoms with van der Waals surface area (Å²) in [5.74, 6) is 0. The van der Waals surface area contributed by atoms with E-state index in [1.165, 1.54) is 24.5 Å². The normalized spacial score (nSPS) is 11.6. The van der Waals surface area contributed by atoms with Gasteiger partial charge in [-0.25, -0.2) is 9.36 Å². The number of benzene rings is 2. The molecule has 0 saturated carbocycles. The van der Waals surface area contributed by atoms with Crippen molar-refractivity contribution < 1.29 is 8.78 Å². The summed E-state index contributed by atoms with van der Waals surface area (Å²) in [6.45, 7) is -0.851. The lowest BCUT2D eigenvalue weighted by Crippen LogP contribution is -2.18. The highest BCUT2D eigenvalue weighted by molar-refractivity contribution is 6.30. The number of rotatable bonds is 7. The first-order valence-electron chi connectivity index (χ1n) is 10.1. The molecule has 0 radical (unpaired) electrons. The van der Waals surface area contributed by atoms with E-state index in [1.54, 1.807) is 47.3 Å². The highest BCUT2D eigenvalue weighted by Crippen LogP contribution is 2.25. The molecule has 0 aliphatic heterocycles. The van der Waals surface area contributed by atoms with Crippen molar-refractivity contribution in [3.8, 4) is 16.8 Å². The number of allylic oxidation sites excluding steroid dienone is 1. The van der Waals surface area contributed by atoms with Crippen LogP contribution in [-0.4, -0.2) is 25.8 Å². The molecule has 172 valence electrons. The molecule has 2 N–H and O–H groups in total. The maximum atomic E-state index is 12.8. The van der Waals surface area contributed by atoms with Crippen molar-refractivity contribution in [2.75, 3.05) is 5.32 Å². The van der Waals surface area contributed by atoms with Crippen LogP contribution in [-0.2, 0) is 0 Å².